The van der Waals surface area contributed by atoms with Gasteiger partial charge in [-0.1, -0.05) is 36.8 Å². The molecular weight excluding hydrogens is 336 g/mol. The lowest BCUT2D eigenvalue weighted by Gasteiger charge is -2.35. The van der Waals surface area contributed by atoms with Crippen LogP contribution in [0, 0.1) is 0 Å². The minimum Gasteiger partial charge on any atom is -0.291 e. The first-order valence-corrected chi connectivity index (χ1v) is 9.50. The Balaban J connectivity index is 1.44. The van der Waals surface area contributed by atoms with E-state index in [1.807, 2.05) is 22.9 Å². The zero-order valence-corrected chi connectivity index (χ0v) is 15.1. The maximum atomic E-state index is 4.81. The molecule has 4 aromatic rings. The van der Waals surface area contributed by atoms with Crippen molar-refractivity contribution in [2.24, 2.45) is 0 Å². The Labute approximate surface area is 157 Å². The molecule has 1 saturated heterocycles. The molecular formula is C21H22N6. The number of hydrogen-bond acceptors (Lipinski definition) is 4. The van der Waals surface area contributed by atoms with E-state index >= 15 is 0 Å². The number of rotatable bonds is 4. The molecule has 0 aliphatic carbocycles. The Morgan fingerprint density at radius 2 is 2.00 bits per heavy atom. The number of likely N-dealkylation sites (tertiary alicyclic amines) is 1. The lowest BCUT2D eigenvalue weighted by Crippen LogP contribution is -2.33. The first kappa shape index (κ1) is 16.2. The van der Waals surface area contributed by atoms with Crippen LogP contribution in [0.1, 0.15) is 36.6 Å². The predicted molar refractivity (Wildman–Crippen MR) is 104 cm³/mol. The average Bonchev–Trinajstić information content (AvgIpc) is 3.38. The molecule has 1 aromatic carbocycles. The number of aromatic amines is 1. The first-order chi connectivity index (χ1) is 13.4. The summed E-state index contributed by atoms with van der Waals surface area (Å²) in [7, 11) is 0. The molecule has 4 heterocycles. The second-order valence-electron chi connectivity index (χ2n) is 7.11. The van der Waals surface area contributed by atoms with E-state index in [-0.39, 0.29) is 0 Å². The van der Waals surface area contributed by atoms with Gasteiger partial charge in [0.05, 0.1) is 23.6 Å². The summed E-state index contributed by atoms with van der Waals surface area (Å²) < 4.78 is 1.96. The quantitative estimate of drug-likeness (QED) is 0.602. The summed E-state index contributed by atoms with van der Waals surface area (Å²) in [5.74, 6) is 0.770. The Kier molecular flexibility index (Phi) is 4.18. The lowest BCUT2D eigenvalue weighted by molar-refractivity contribution is 0.137. The third kappa shape index (κ3) is 3.13. The van der Waals surface area contributed by atoms with E-state index in [0.717, 1.165) is 36.7 Å². The Hall–Kier alpha value is -2.99. The topological polar surface area (TPSA) is 62.1 Å². The molecule has 0 radical (unpaired) electrons. The number of hydrogen-bond donors (Lipinski definition) is 1. The molecule has 5 rings (SSSR count). The summed E-state index contributed by atoms with van der Waals surface area (Å²) >= 11 is 0. The second-order valence-corrected chi connectivity index (χ2v) is 7.11. The van der Waals surface area contributed by atoms with E-state index in [1.165, 1.54) is 24.0 Å². The highest BCUT2D eigenvalue weighted by atomic mass is 15.2. The van der Waals surface area contributed by atoms with Crippen LogP contribution in [0.4, 0.5) is 0 Å². The van der Waals surface area contributed by atoms with Crippen LogP contribution in [-0.4, -0.2) is 36.0 Å². The molecule has 136 valence electrons. The molecule has 1 aliphatic rings. The molecule has 0 saturated carbocycles. The highest BCUT2D eigenvalue weighted by Gasteiger charge is 2.26. The van der Waals surface area contributed by atoms with Crippen LogP contribution < -0.4 is 0 Å². The number of fused-ring (bicyclic) bond motifs is 1. The highest BCUT2D eigenvalue weighted by molar-refractivity contribution is 5.62. The van der Waals surface area contributed by atoms with Crippen LogP contribution >= 0.6 is 0 Å². The molecule has 6 nitrogen and oxygen atoms in total. The van der Waals surface area contributed by atoms with Gasteiger partial charge in [0.15, 0.2) is 0 Å². The van der Waals surface area contributed by atoms with Gasteiger partial charge in [-0.25, -0.2) is 9.97 Å². The normalized spacial score (nSPS) is 18.1. The SMILES string of the molecule is c1ccc(-c2[nH]ncc2CN2CCCCC2c2ccn3ccnc3n2)cc1. The fourth-order valence-corrected chi connectivity index (χ4v) is 4.02. The molecule has 1 fully saturated rings. The molecule has 0 spiro atoms. The fraction of sp³-hybridized carbons (Fsp3) is 0.286. The molecule has 0 bridgehead atoms. The molecule has 3 aromatic heterocycles. The number of H-pyrrole nitrogens is 1. The van der Waals surface area contributed by atoms with E-state index < -0.39 is 0 Å². The number of aromatic nitrogens is 5. The summed E-state index contributed by atoms with van der Waals surface area (Å²) in [4.78, 5) is 11.7. The number of piperidine rings is 1. The number of nitrogens with one attached hydrogen (secondary N) is 1. The van der Waals surface area contributed by atoms with Gasteiger partial charge in [-0.05, 0) is 31.0 Å². The molecule has 6 heteroatoms. The number of benzene rings is 1. The van der Waals surface area contributed by atoms with Crippen molar-refractivity contribution in [1.29, 1.82) is 0 Å². The Morgan fingerprint density at radius 1 is 1.07 bits per heavy atom. The standard InChI is InChI=1S/C21H22N6/c1-2-6-16(7-3-1)20-17(14-23-25-20)15-27-11-5-4-8-19(27)18-9-12-26-13-10-22-21(26)24-18/h1-3,6-7,9-10,12-14,19H,4-5,8,11,15H2,(H,23,25). The van der Waals surface area contributed by atoms with E-state index in [2.05, 4.69) is 56.6 Å². The van der Waals surface area contributed by atoms with Crippen LogP contribution in [0.25, 0.3) is 17.0 Å². The highest BCUT2D eigenvalue weighted by Crippen LogP contribution is 2.32. The van der Waals surface area contributed by atoms with Crippen LogP contribution in [0.2, 0.25) is 0 Å². The fourth-order valence-electron chi connectivity index (χ4n) is 4.02. The number of nitrogens with zero attached hydrogens (tertiary/aromatic N) is 5. The van der Waals surface area contributed by atoms with Crippen molar-refractivity contribution in [3.8, 4) is 11.3 Å². The van der Waals surface area contributed by atoms with Gasteiger partial charge in [-0.3, -0.25) is 14.4 Å². The van der Waals surface area contributed by atoms with Crippen LogP contribution in [0.3, 0.4) is 0 Å². The van der Waals surface area contributed by atoms with Gasteiger partial charge in [-0.15, -0.1) is 0 Å². The second kappa shape index (κ2) is 6.96. The summed E-state index contributed by atoms with van der Waals surface area (Å²) in [5.41, 5.74) is 4.63. The minimum atomic E-state index is 0.318. The van der Waals surface area contributed by atoms with E-state index in [1.54, 1.807) is 6.20 Å². The van der Waals surface area contributed by atoms with E-state index in [4.69, 9.17) is 4.98 Å². The molecule has 1 atom stereocenters. The van der Waals surface area contributed by atoms with Gasteiger partial charge in [0.2, 0.25) is 5.78 Å². The van der Waals surface area contributed by atoms with Gasteiger partial charge in [-0.2, -0.15) is 5.10 Å². The zero-order chi connectivity index (χ0) is 18.1. The molecule has 27 heavy (non-hydrogen) atoms. The molecule has 1 N–H and O–H groups in total. The van der Waals surface area contributed by atoms with Crippen molar-refractivity contribution in [3.05, 3.63) is 72.4 Å². The van der Waals surface area contributed by atoms with E-state index in [0.29, 0.717) is 6.04 Å². The Bertz CT molecular complexity index is 1030. The zero-order valence-electron chi connectivity index (χ0n) is 15.1. The van der Waals surface area contributed by atoms with Gasteiger partial charge >= 0.3 is 0 Å². The largest absolute Gasteiger partial charge is 0.291 e. The summed E-state index contributed by atoms with van der Waals surface area (Å²) in [6, 6.07) is 12.9. The molecule has 1 unspecified atom stereocenters. The van der Waals surface area contributed by atoms with Crippen molar-refractivity contribution in [2.45, 2.75) is 31.8 Å². The minimum absolute atomic E-state index is 0.318. The summed E-state index contributed by atoms with van der Waals surface area (Å²) in [5, 5.41) is 7.50. The predicted octanol–water partition coefficient (Wildman–Crippen LogP) is 3.85. The van der Waals surface area contributed by atoms with Crippen molar-refractivity contribution >= 4 is 5.78 Å². The number of imidazole rings is 1. The smallest absolute Gasteiger partial charge is 0.233 e. The van der Waals surface area contributed by atoms with Gasteiger partial charge < -0.3 is 0 Å². The van der Waals surface area contributed by atoms with Crippen molar-refractivity contribution in [1.82, 2.24) is 29.5 Å². The van der Waals surface area contributed by atoms with Crippen LogP contribution in [-0.2, 0) is 6.54 Å². The molecule has 0 amide bonds. The van der Waals surface area contributed by atoms with E-state index in [9.17, 15) is 0 Å². The third-order valence-electron chi connectivity index (χ3n) is 5.39. The van der Waals surface area contributed by atoms with Crippen molar-refractivity contribution < 1.29 is 0 Å². The van der Waals surface area contributed by atoms with Crippen LogP contribution in [0.15, 0.2) is 61.2 Å². The molecule has 1 aliphatic heterocycles. The maximum Gasteiger partial charge on any atom is 0.233 e. The van der Waals surface area contributed by atoms with Crippen LogP contribution in [0.5, 0.6) is 0 Å². The van der Waals surface area contributed by atoms with Gasteiger partial charge in [0, 0.05) is 30.7 Å². The third-order valence-corrected chi connectivity index (χ3v) is 5.39. The van der Waals surface area contributed by atoms with Gasteiger partial charge in [0.25, 0.3) is 0 Å². The maximum absolute atomic E-state index is 4.81. The summed E-state index contributed by atoms with van der Waals surface area (Å²) in [6.07, 6.45) is 11.3. The lowest BCUT2D eigenvalue weighted by atomic mass is 9.98. The van der Waals surface area contributed by atoms with Crippen molar-refractivity contribution in [2.75, 3.05) is 6.54 Å². The Morgan fingerprint density at radius 3 is 2.93 bits per heavy atom. The average molecular weight is 358 g/mol. The van der Waals surface area contributed by atoms with Gasteiger partial charge in [0.1, 0.15) is 0 Å². The summed E-state index contributed by atoms with van der Waals surface area (Å²) in [6.45, 7) is 1.94. The van der Waals surface area contributed by atoms with Crippen molar-refractivity contribution in [3.63, 3.8) is 0 Å². The monoisotopic (exact) mass is 358 g/mol. The first-order valence-electron chi connectivity index (χ1n) is 9.50.